The van der Waals surface area contributed by atoms with Crippen molar-refractivity contribution in [2.24, 2.45) is 5.92 Å². The Hall–Kier alpha value is -3.14. The zero-order valence-electron chi connectivity index (χ0n) is 18.0. The Morgan fingerprint density at radius 1 is 1.12 bits per heavy atom. The summed E-state index contributed by atoms with van der Waals surface area (Å²) in [5, 5.41) is 13.0. The molecular weight excluding hydrogens is 418 g/mol. The molecule has 1 unspecified atom stereocenters. The van der Waals surface area contributed by atoms with Gasteiger partial charge in [0.15, 0.2) is 6.61 Å². The van der Waals surface area contributed by atoms with E-state index in [0.717, 1.165) is 32.1 Å². The zero-order valence-corrected chi connectivity index (χ0v) is 18.0. The van der Waals surface area contributed by atoms with E-state index in [1.165, 1.54) is 4.90 Å². The molecule has 1 aromatic rings. The average molecular weight is 447 g/mol. The number of nitrogens with zero attached hydrogens (tertiary/aromatic N) is 1. The second kappa shape index (κ2) is 10.9. The standard InChI is InChI=1S/C21H27N3O5.CH2O2/c1-24-17-10-14(4-7-18(17)29-12-19(24)25)21(27)22-15-5-2-13(3-6-15)20(26)23-16-8-9-28-11-16;2-1-3/h4,7,10,13,15-16H,2-3,5-6,8-9,11-12H2,1H3,(H,22,27)(H,23,26);1H,(H,2,3). The highest BCUT2D eigenvalue weighted by Gasteiger charge is 2.30. The number of hydrogen-bond donors (Lipinski definition) is 3. The molecule has 3 aliphatic rings. The molecule has 1 aromatic carbocycles. The molecule has 3 N–H and O–H groups in total. The number of anilines is 1. The lowest BCUT2D eigenvalue weighted by atomic mass is 9.85. The van der Waals surface area contributed by atoms with E-state index in [4.69, 9.17) is 19.4 Å². The van der Waals surface area contributed by atoms with Gasteiger partial charge in [0.05, 0.1) is 18.3 Å². The van der Waals surface area contributed by atoms with Gasteiger partial charge in [-0.2, -0.15) is 0 Å². The highest BCUT2D eigenvalue weighted by Crippen LogP contribution is 2.32. The van der Waals surface area contributed by atoms with Crippen LogP contribution >= 0.6 is 0 Å². The minimum absolute atomic E-state index is 0.00399. The summed E-state index contributed by atoms with van der Waals surface area (Å²) in [6.45, 7) is 1.08. The smallest absolute Gasteiger partial charge is 0.290 e. The van der Waals surface area contributed by atoms with Gasteiger partial charge in [-0.05, 0) is 50.3 Å². The Bertz CT molecular complexity index is 846. The lowest BCUT2D eigenvalue weighted by molar-refractivity contribution is -0.127. The molecule has 1 aliphatic carbocycles. The summed E-state index contributed by atoms with van der Waals surface area (Å²) in [6.07, 6.45) is 3.96. The van der Waals surface area contributed by atoms with E-state index in [2.05, 4.69) is 10.6 Å². The summed E-state index contributed by atoms with van der Waals surface area (Å²) in [5.74, 6) is 0.394. The number of ether oxygens (including phenoxy) is 2. The normalized spacial score (nSPS) is 24.3. The third-order valence-electron chi connectivity index (χ3n) is 6.02. The molecule has 1 saturated carbocycles. The van der Waals surface area contributed by atoms with Crippen molar-refractivity contribution in [1.82, 2.24) is 10.6 Å². The van der Waals surface area contributed by atoms with Crippen molar-refractivity contribution in [3.8, 4) is 5.75 Å². The average Bonchev–Trinajstić information content (AvgIpc) is 3.30. The lowest BCUT2D eigenvalue weighted by Crippen LogP contribution is -2.43. The number of carbonyl (C=O) groups excluding carboxylic acids is 3. The molecule has 0 bridgehead atoms. The number of rotatable bonds is 4. The first-order valence-electron chi connectivity index (χ1n) is 10.7. The monoisotopic (exact) mass is 447 g/mol. The quantitative estimate of drug-likeness (QED) is 0.585. The zero-order chi connectivity index (χ0) is 23.1. The van der Waals surface area contributed by atoms with Gasteiger partial charge in [0.1, 0.15) is 5.75 Å². The Balaban J connectivity index is 0.000000913. The van der Waals surface area contributed by atoms with Gasteiger partial charge in [-0.1, -0.05) is 0 Å². The Morgan fingerprint density at radius 3 is 2.50 bits per heavy atom. The van der Waals surface area contributed by atoms with Crippen molar-refractivity contribution in [2.75, 3.05) is 31.8 Å². The van der Waals surface area contributed by atoms with Crippen LogP contribution < -0.4 is 20.3 Å². The van der Waals surface area contributed by atoms with Crippen molar-refractivity contribution in [3.05, 3.63) is 23.8 Å². The molecule has 174 valence electrons. The molecular formula is C22H29N3O7. The molecule has 32 heavy (non-hydrogen) atoms. The molecule has 1 saturated heterocycles. The fourth-order valence-corrected chi connectivity index (χ4v) is 4.15. The first kappa shape index (κ1) is 23.5. The summed E-state index contributed by atoms with van der Waals surface area (Å²) < 4.78 is 10.7. The van der Waals surface area contributed by atoms with Crippen LogP contribution in [0.3, 0.4) is 0 Å². The Morgan fingerprint density at radius 2 is 1.84 bits per heavy atom. The van der Waals surface area contributed by atoms with Crippen LogP contribution in [0.1, 0.15) is 42.5 Å². The van der Waals surface area contributed by atoms with Crippen molar-refractivity contribution < 1.29 is 33.8 Å². The maximum absolute atomic E-state index is 12.7. The molecule has 1 atom stereocenters. The minimum atomic E-state index is -0.250. The maximum atomic E-state index is 12.7. The fraction of sp³-hybridized carbons (Fsp3) is 0.545. The molecule has 10 heteroatoms. The highest BCUT2D eigenvalue weighted by molar-refractivity contribution is 6.01. The number of fused-ring (bicyclic) bond motifs is 1. The van der Waals surface area contributed by atoms with Gasteiger partial charge in [0.25, 0.3) is 18.3 Å². The summed E-state index contributed by atoms with van der Waals surface area (Å²) in [5.41, 5.74) is 1.10. The molecule has 0 spiro atoms. The summed E-state index contributed by atoms with van der Waals surface area (Å²) in [7, 11) is 1.68. The van der Waals surface area contributed by atoms with Gasteiger partial charge in [-0.15, -0.1) is 0 Å². The summed E-state index contributed by atoms with van der Waals surface area (Å²) in [6, 6.07) is 5.30. The third-order valence-corrected chi connectivity index (χ3v) is 6.02. The van der Waals surface area contributed by atoms with Crippen LogP contribution in [0.25, 0.3) is 0 Å². The molecule has 0 radical (unpaired) electrons. The van der Waals surface area contributed by atoms with E-state index < -0.39 is 0 Å². The maximum Gasteiger partial charge on any atom is 0.290 e. The van der Waals surface area contributed by atoms with Crippen LogP contribution in [0.4, 0.5) is 5.69 Å². The van der Waals surface area contributed by atoms with E-state index >= 15 is 0 Å². The van der Waals surface area contributed by atoms with Crippen LogP contribution in [-0.2, 0) is 19.1 Å². The van der Waals surface area contributed by atoms with Gasteiger partial charge in [-0.3, -0.25) is 19.2 Å². The fourth-order valence-electron chi connectivity index (χ4n) is 4.15. The van der Waals surface area contributed by atoms with Crippen molar-refractivity contribution >= 4 is 29.9 Å². The van der Waals surface area contributed by atoms with E-state index in [0.29, 0.717) is 30.2 Å². The predicted octanol–water partition coefficient (Wildman–Crippen LogP) is 0.936. The second-order valence-electron chi connectivity index (χ2n) is 8.12. The van der Waals surface area contributed by atoms with Crippen molar-refractivity contribution in [2.45, 2.75) is 44.2 Å². The third kappa shape index (κ3) is 5.76. The number of carboxylic acid groups (broad SMARTS) is 1. The van der Waals surface area contributed by atoms with E-state index in [1.807, 2.05) is 0 Å². The van der Waals surface area contributed by atoms with Crippen LogP contribution in [0.15, 0.2) is 18.2 Å². The number of likely N-dealkylation sites (N-methyl/N-ethyl adjacent to an activating group) is 1. The highest BCUT2D eigenvalue weighted by atomic mass is 16.5. The molecule has 3 amide bonds. The topological polar surface area (TPSA) is 134 Å². The van der Waals surface area contributed by atoms with E-state index in [-0.39, 0.29) is 48.8 Å². The Kier molecular flexibility index (Phi) is 8.04. The largest absolute Gasteiger partial charge is 0.483 e. The molecule has 2 fully saturated rings. The molecule has 4 rings (SSSR count). The van der Waals surface area contributed by atoms with Crippen LogP contribution in [0.2, 0.25) is 0 Å². The number of benzene rings is 1. The van der Waals surface area contributed by atoms with Crippen LogP contribution in [-0.4, -0.2) is 68.3 Å². The summed E-state index contributed by atoms with van der Waals surface area (Å²) in [4.78, 5) is 46.8. The minimum Gasteiger partial charge on any atom is -0.483 e. The van der Waals surface area contributed by atoms with Gasteiger partial charge in [0.2, 0.25) is 5.91 Å². The van der Waals surface area contributed by atoms with Crippen LogP contribution in [0.5, 0.6) is 5.75 Å². The first-order chi connectivity index (χ1) is 15.4. The van der Waals surface area contributed by atoms with Crippen molar-refractivity contribution in [3.63, 3.8) is 0 Å². The van der Waals surface area contributed by atoms with Crippen LogP contribution in [0, 0.1) is 5.92 Å². The first-order valence-corrected chi connectivity index (χ1v) is 10.7. The Labute approximate surface area is 186 Å². The number of carbonyl (C=O) groups is 4. The number of hydrogen-bond acceptors (Lipinski definition) is 6. The molecule has 2 heterocycles. The van der Waals surface area contributed by atoms with Gasteiger partial charge < -0.3 is 30.1 Å². The SMILES string of the molecule is CN1C(=O)COc2ccc(C(=O)NC3CCC(C(=O)NC4CCOC4)CC3)cc21.O=CO. The van der Waals surface area contributed by atoms with Gasteiger partial charge in [-0.25, -0.2) is 0 Å². The van der Waals surface area contributed by atoms with Gasteiger partial charge >= 0.3 is 0 Å². The van der Waals surface area contributed by atoms with E-state index in [1.54, 1.807) is 25.2 Å². The van der Waals surface area contributed by atoms with Crippen molar-refractivity contribution in [1.29, 1.82) is 0 Å². The molecule has 10 nitrogen and oxygen atoms in total. The number of amides is 3. The lowest BCUT2D eigenvalue weighted by Gasteiger charge is -2.29. The predicted molar refractivity (Wildman–Crippen MR) is 115 cm³/mol. The van der Waals surface area contributed by atoms with E-state index in [9.17, 15) is 14.4 Å². The number of nitrogens with one attached hydrogen (secondary N) is 2. The molecule has 0 aromatic heterocycles. The van der Waals surface area contributed by atoms with Gasteiger partial charge in [0, 0.05) is 31.2 Å². The molecule has 2 aliphatic heterocycles. The summed E-state index contributed by atoms with van der Waals surface area (Å²) >= 11 is 0. The second-order valence-corrected chi connectivity index (χ2v) is 8.12.